The smallest absolute Gasteiger partial charge is 0.167 e. The van der Waals surface area contributed by atoms with Gasteiger partial charge in [-0.3, -0.25) is 4.79 Å². The lowest BCUT2D eigenvalue weighted by Gasteiger charge is -2.20. The lowest BCUT2D eigenvalue weighted by Crippen LogP contribution is -2.34. The van der Waals surface area contributed by atoms with Crippen LogP contribution in [-0.4, -0.2) is 11.8 Å². The number of Topliss-reactive ketones (excluding diaryl/α,β-unsaturated/α-hetero) is 1. The summed E-state index contributed by atoms with van der Waals surface area (Å²) in [5.74, 6) is -2.35. The fraction of sp³-hybridized carbons (Fsp3) is 0.500. The van der Waals surface area contributed by atoms with Gasteiger partial charge in [0.1, 0.15) is 0 Å². The minimum Gasteiger partial charge on any atom is -0.327 e. The Hall–Kier alpha value is -1.29. The summed E-state index contributed by atoms with van der Waals surface area (Å²) in [4.78, 5) is 12.3. The van der Waals surface area contributed by atoms with Crippen LogP contribution in [0.4, 0.5) is 8.78 Å². The van der Waals surface area contributed by atoms with Crippen LogP contribution in [0.3, 0.4) is 0 Å². The van der Waals surface area contributed by atoms with Gasteiger partial charge in [-0.1, -0.05) is 19.3 Å². The van der Waals surface area contributed by atoms with Crippen molar-refractivity contribution in [3.8, 4) is 0 Å². The molecule has 0 radical (unpaired) electrons. The van der Waals surface area contributed by atoms with E-state index in [0.29, 0.717) is 0 Å². The quantitative estimate of drug-likeness (QED) is 0.650. The molecule has 0 saturated heterocycles. The van der Waals surface area contributed by atoms with E-state index in [1.807, 2.05) is 0 Å². The first-order chi connectivity index (χ1) is 8.59. The number of halogens is 2. The zero-order valence-electron chi connectivity index (χ0n) is 10.2. The predicted molar refractivity (Wildman–Crippen MR) is 65.2 cm³/mol. The summed E-state index contributed by atoms with van der Waals surface area (Å²) in [6.07, 6.45) is 4.63. The highest BCUT2D eigenvalue weighted by Gasteiger charge is 2.28. The Balaban J connectivity index is 2.21. The molecule has 2 rings (SSSR count). The molecule has 2 N–H and O–H groups in total. The Morgan fingerprint density at radius 2 is 1.83 bits per heavy atom. The molecule has 0 aromatic heterocycles. The van der Waals surface area contributed by atoms with Crippen molar-refractivity contribution in [2.45, 2.75) is 38.1 Å². The Kier molecular flexibility index (Phi) is 4.07. The number of nitrogens with two attached hydrogens (primary N) is 1. The van der Waals surface area contributed by atoms with Gasteiger partial charge in [0.2, 0.25) is 0 Å². The summed E-state index contributed by atoms with van der Waals surface area (Å²) in [5, 5.41) is 0. The molecule has 18 heavy (non-hydrogen) atoms. The van der Waals surface area contributed by atoms with E-state index in [4.69, 9.17) is 5.73 Å². The van der Waals surface area contributed by atoms with Gasteiger partial charge >= 0.3 is 0 Å². The third kappa shape index (κ3) is 2.75. The van der Waals surface area contributed by atoms with Crippen LogP contribution in [0.25, 0.3) is 0 Å². The van der Waals surface area contributed by atoms with E-state index in [2.05, 4.69) is 0 Å². The largest absolute Gasteiger partial charge is 0.327 e. The highest BCUT2D eigenvalue weighted by molar-refractivity contribution is 5.98. The van der Waals surface area contributed by atoms with E-state index in [0.717, 1.165) is 44.2 Å². The van der Waals surface area contributed by atoms with Crippen LogP contribution in [0.15, 0.2) is 18.2 Å². The second-order valence-electron chi connectivity index (χ2n) is 4.90. The van der Waals surface area contributed by atoms with Crippen molar-refractivity contribution in [1.82, 2.24) is 0 Å². The first-order valence-electron chi connectivity index (χ1n) is 6.34. The molecule has 0 aliphatic heterocycles. The molecule has 1 saturated carbocycles. The Morgan fingerprint density at radius 3 is 2.56 bits per heavy atom. The maximum absolute atomic E-state index is 13.1. The highest BCUT2D eigenvalue weighted by atomic mass is 19.2. The lowest BCUT2D eigenvalue weighted by molar-refractivity contribution is 0.0894. The maximum Gasteiger partial charge on any atom is 0.167 e. The van der Waals surface area contributed by atoms with E-state index in [-0.39, 0.29) is 23.3 Å². The Morgan fingerprint density at radius 1 is 1.11 bits per heavy atom. The number of carbonyl (C=O) groups is 1. The van der Waals surface area contributed by atoms with Gasteiger partial charge < -0.3 is 5.73 Å². The van der Waals surface area contributed by atoms with Crippen LogP contribution in [0.2, 0.25) is 0 Å². The molecule has 1 aromatic rings. The third-order valence-corrected chi connectivity index (χ3v) is 3.61. The first kappa shape index (κ1) is 13.1. The van der Waals surface area contributed by atoms with Crippen molar-refractivity contribution in [2.75, 3.05) is 0 Å². The zero-order chi connectivity index (χ0) is 13.1. The Labute approximate surface area is 105 Å². The SMILES string of the molecule is NC1CCCCCC1C(=O)c1ccc(F)c(F)c1. The molecule has 0 heterocycles. The van der Waals surface area contributed by atoms with E-state index in [1.165, 1.54) is 6.07 Å². The van der Waals surface area contributed by atoms with Crippen molar-refractivity contribution in [2.24, 2.45) is 11.7 Å². The molecule has 2 unspecified atom stereocenters. The summed E-state index contributed by atoms with van der Waals surface area (Å²) >= 11 is 0. The van der Waals surface area contributed by atoms with Gasteiger partial charge in [-0.05, 0) is 31.0 Å². The van der Waals surface area contributed by atoms with Crippen molar-refractivity contribution in [1.29, 1.82) is 0 Å². The van der Waals surface area contributed by atoms with Crippen LogP contribution in [0.1, 0.15) is 42.5 Å². The van der Waals surface area contributed by atoms with Crippen LogP contribution >= 0.6 is 0 Å². The standard InChI is InChI=1S/C14H17F2NO/c15-11-7-6-9(8-12(11)16)14(18)10-4-2-1-3-5-13(10)17/h6-8,10,13H,1-5,17H2. The van der Waals surface area contributed by atoms with Gasteiger partial charge in [-0.25, -0.2) is 8.78 Å². The van der Waals surface area contributed by atoms with E-state index < -0.39 is 11.6 Å². The summed E-state index contributed by atoms with van der Waals surface area (Å²) in [5.41, 5.74) is 6.22. The van der Waals surface area contributed by atoms with Crippen molar-refractivity contribution < 1.29 is 13.6 Å². The fourth-order valence-electron chi connectivity index (χ4n) is 2.53. The molecule has 0 amide bonds. The molecule has 2 atom stereocenters. The summed E-state index contributed by atoms with van der Waals surface area (Å²) < 4.78 is 26.0. The molecule has 98 valence electrons. The van der Waals surface area contributed by atoms with Crippen LogP contribution in [-0.2, 0) is 0 Å². The number of rotatable bonds is 2. The van der Waals surface area contributed by atoms with Crippen LogP contribution in [0.5, 0.6) is 0 Å². The van der Waals surface area contributed by atoms with Gasteiger partial charge in [0.15, 0.2) is 17.4 Å². The lowest BCUT2D eigenvalue weighted by atomic mass is 9.87. The molecule has 1 aromatic carbocycles. The molecule has 1 fully saturated rings. The monoisotopic (exact) mass is 253 g/mol. The molecule has 1 aliphatic rings. The topological polar surface area (TPSA) is 43.1 Å². The van der Waals surface area contributed by atoms with Gasteiger partial charge in [0.05, 0.1) is 0 Å². The number of carbonyl (C=O) groups excluding carboxylic acids is 1. The number of hydrogen-bond acceptors (Lipinski definition) is 2. The average Bonchev–Trinajstić information content (AvgIpc) is 2.56. The number of benzene rings is 1. The predicted octanol–water partition coefficient (Wildman–Crippen LogP) is 3.06. The van der Waals surface area contributed by atoms with Crippen molar-refractivity contribution in [3.05, 3.63) is 35.4 Å². The second-order valence-corrected chi connectivity index (χ2v) is 4.90. The first-order valence-corrected chi connectivity index (χ1v) is 6.34. The van der Waals surface area contributed by atoms with Gasteiger partial charge in [0.25, 0.3) is 0 Å². The number of hydrogen-bond donors (Lipinski definition) is 1. The minimum atomic E-state index is -0.983. The maximum atomic E-state index is 13.1. The Bertz CT molecular complexity index is 447. The van der Waals surface area contributed by atoms with Crippen molar-refractivity contribution >= 4 is 5.78 Å². The highest BCUT2D eigenvalue weighted by Crippen LogP contribution is 2.26. The second kappa shape index (κ2) is 5.57. The zero-order valence-corrected chi connectivity index (χ0v) is 10.2. The van der Waals surface area contributed by atoms with E-state index in [1.54, 1.807) is 0 Å². The number of ketones is 1. The van der Waals surface area contributed by atoms with Gasteiger partial charge in [-0.2, -0.15) is 0 Å². The van der Waals surface area contributed by atoms with Gasteiger partial charge in [-0.15, -0.1) is 0 Å². The molecular weight excluding hydrogens is 236 g/mol. The van der Waals surface area contributed by atoms with Gasteiger partial charge in [0, 0.05) is 17.5 Å². The molecular formula is C14H17F2NO. The fourth-order valence-corrected chi connectivity index (χ4v) is 2.53. The van der Waals surface area contributed by atoms with Crippen molar-refractivity contribution in [3.63, 3.8) is 0 Å². The normalized spacial score (nSPS) is 24.6. The molecule has 1 aliphatic carbocycles. The summed E-state index contributed by atoms with van der Waals surface area (Å²) in [6.45, 7) is 0. The van der Waals surface area contributed by atoms with E-state index >= 15 is 0 Å². The van der Waals surface area contributed by atoms with Crippen LogP contribution in [0, 0.1) is 17.6 Å². The molecule has 0 bridgehead atoms. The molecule has 0 spiro atoms. The summed E-state index contributed by atoms with van der Waals surface area (Å²) in [7, 11) is 0. The average molecular weight is 253 g/mol. The van der Waals surface area contributed by atoms with E-state index in [9.17, 15) is 13.6 Å². The third-order valence-electron chi connectivity index (χ3n) is 3.61. The minimum absolute atomic E-state index is 0.164. The molecule has 2 nitrogen and oxygen atoms in total. The summed E-state index contributed by atoms with van der Waals surface area (Å²) in [6, 6.07) is 3.12. The van der Waals surface area contributed by atoms with Crippen LogP contribution < -0.4 is 5.73 Å². The molecule has 4 heteroatoms.